The number of hydrogen-bond acceptors (Lipinski definition) is 4. The highest BCUT2D eigenvalue weighted by Gasteiger charge is 2.45. The second kappa shape index (κ2) is 8.67. The maximum absolute atomic E-state index is 13.3. The number of aromatic nitrogens is 3. The fourth-order valence-electron chi connectivity index (χ4n) is 4.28. The van der Waals surface area contributed by atoms with Crippen molar-refractivity contribution in [2.75, 3.05) is 10.7 Å². The van der Waals surface area contributed by atoms with E-state index in [2.05, 4.69) is 23.7 Å². The summed E-state index contributed by atoms with van der Waals surface area (Å²) in [6.07, 6.45) is 1.50. The van der Waals surface area contributed by atoms with Crippen LogP contribution >= 0.6 is 11.8 Å². The monoisotopic (exact) mass is 455 g/mol. The van der Waals surface area contributed by atoms with Crippen LogP contribution in [0.15, 0.2) is 89.3 Å². The Balaban J connectivity index is 1.82. The lowest BCUT2D eigenvalue weighted by atomic mass is 9.99. The van der Waals surface area contributed by atoms with Crippen molar-refractivity contribution < 1.29 is 9.48 Å². The van der Waals surface area contributed by atoms with Gasteiger partial charge in [0.05, 0.1) is 11.3 Å². The average Bonchev–Trinajstić information content (AvgIpc) is 2.85. The van der Waals surface area contributed by atoms with Crippen molar-refractivity contribution in [3.8, 4) is 11.3 Å². The lowest BCUT2D eigenvalue weighted by Crippen LogP contribution is -2.60. The van der Waals surface area contributed by atoms with Gasteiger partial charge >= 0.3 is 11.3 Å². The molecule has 7 heteroatoms. The predicted molar refractivity (Wildman–Crippen MR) is 131 cm³/mol. The maximum Gasteiger partial charge on any atom is 0.325 e. The van der Waals surface area contributed by atoms with E-state index in [1.807, 2.05) is 61.5 Å². The third kappa shape index (κ3) is 3.64. The summed E-state index contributed by atoms with van der Waals surface area (Å²) in [6, 6.07) is 21.7. The molecule has 1 aromatic heterocycles. The molecule has 0 saturated carbocycles. The van der Waals surface area contributed by atoms with Crippen LogP contribution in [0.4, 0.5) is 5.69 Å². The van der Waals surface area contributed by atoms with Crippen LogP contribution in [0.5, 0.6) is 0 Å². The molecular formula is C26H23N4O2S+. The van der Waals surface area contributed by atoms with Gasteiger partial charge in [-0.1, -0.05) is 67.2 Å². The zero-order valence-electron chi connectivity index (χ0n) is 18.2. The molecule has 1 aliphatic rings. The summed E-state index contributed by atoms with van der Waals surface area (Å²) in [5.41, 5.74) is 2.48. The van der Waals surface area contributed by atoms with E-state index in [1.165, 1.54) is 11.8 Å². The van der Waals surface area contributed by atoms with Crippen LogP contribution < -0.4 is 15.1 Å². The van der Waals surface area contributed by atoms with Gasteiger partial charge in [-0.3, -0.25) is 14.6 Å². The standard InChI is InChI=1S/C26H22N4O2S/c1-3-15-33-26-27-24(32)23-20-11-7-8-12-21(20)29(22(31)4-2)25(30(23)28-26)19-14-13-17-9-5-6-10-18(17)16-19/h3,5-14,16,25H,1,4,15H2,2H3/p+1/t25-/m0/s1. The Bertz CT molecular complexity index is 1450. The predicted octanol–water partition coefficient (Wildman–Crippen LogP) is 4.46. The number of H-pyrrole nitrogens is 1. The highest BCUT2D eigenvalue weighted by Crippen LogP contribution is 2.38. The molecule has 0 unspecified atom stereocenters. The molecule has 2 heterocycles. The number of thioether (sulfide) groups is 1. The first-order valence-corrected chi connectivity index (χ1v) is 11.8. The average molecular weight is 456 g/mol. The van der Waals surface area contributed by atoms with Gasteiger partial charge in [0.25, 0.3) is 6.17 Å². The lowest BCUT2D eigenvalue weighted by Gasteiger charge is -2.32. The summed E-state index contributed by atoms with van der Waals surface area (Å²) < 4.78 is 1.70. The highest BCUT2D eigenvalue weighted by molar-refractivity contribution is 7.99. The molecule has 0 fully saturated rings. The Morgan fingerprint density at radius 2 is 1.91 bits per heavy atom. The molecule has 0 bridgehead atoms. The normalized spacial score (nSPS) is 14.6. The molecule has 0 saturated heterocycles. The van der Waals surface area contributed by atoms with E-state index >= 15 is 0 Å². The van der Waals surface area contributed by atoms with Gasteiger partial charge in [0.1, 0.15) is 0 Å². The summed E-state index contributed by atoms with van der Waals surface area (Å²) in [4.78, 5) is 31.3. The summed E-state index contributed by atoms with van der Waals surface area (Å²) in [5.74, 6) is 0.568. The molecule has 5 rings (SSSR count). The Morgan fingerprint density at radius 1 is 1.15 bits per heavy atom. The maximum atomic E-state index is 13.3. The van der Waals surface area contributed by atoms with Crippen LogP contribution in [0.3, 0.4) is 0 Å². The molecule has 6 nitrogen and oxygen atoms in total. The van der Waals surface area contributed by atoms with E-state index in [9.17, 15) is 9.59 Å². The number of benzene rings is 3. The van der Waals surface area contributed by atoms with E-state index in [0.717, 1.165) is 16.3 Å². The quantitative estimate of drug-likeness (QED) is 0.274. The van der Waals surface area contributed by atoms with Gasteiger partial charge in [-0.15, -0.1) is 6.58 Å². The van der Waals surface area contributed by atoms with Crippen molar-refractivity contribution in [3.05, 3.63) is 95.3 Å². The van der Waals surface area contributed by atoms with Crippen LogP contribution in [0.25, 0.3) is 22.0 Å². The number of carbonyl (C=O) groups excluding carboxylic acids is 1. The molecule has 1 amide bonds. The van der Waals surface area contributed by atoms with E-state index < -0.39 is 6.17 Å². The molecule has 4 aromatic rings. The first kappa shape index (κ1) is 21.2. The number of amides is 1. The van der Waals surface area contributed by atoms with E-state index in [1.54, 1.807) is 15.7 Å². The van der Waals surface area contributed by atoms with Crippen molar-refractivity contribution in [1.82, 2.24) is 10.1 Å². The number of fused-ring (bicyclic) bond motifs is 4. The Labute approximate surface area is 195 Å². The minimum atomic E-state index is -0.586. The van der Waals surface area contributed by atoms with Gasteiger partial charge in [0, 0.05) is 22.8 Å². The van der Waals surface area contributed by atoms with Gasteiger partial charge in [-0.25, -0.2) is 4.90 Å². The molecule has 1 atom stereocenters. The fraction of sp³-hybridized carbons (Fsp3) is 0.154. The van der Waals surface area contributed by atoms with Crippen molar-refractivity contribution in [2.24, 2.45) is 0 Å². The minimum absolute atomic E-state index is 0.0406. The smallest absolute Gasteiger partial charge is 0.291 e. The first-order valence-electron chi connectivity index (χ1n) is 10.8. The number of aromatic amines is 1. The zero-order chi connectivity index (χ0) is 22.9. The molecule has 33 heavy (non-hydrogen) atoms. The fourth-order valence-corrected chi connectivity index (χ4v) is 4.87. The molecule has 3 aromatic carbocycles. The second-order valence-electron chi connectivity index (χ2n) is 7.77. The number of para-hydroxylation sites is 1. The minimum Gasteiger partial charge on any atom is -0.291 e. The summed E-state index contributed by atoms with van der Waals surface area (Å²) in [5, 5.41) is 7.45. The van der Waals surface area contributed by atoms with Crippen molar-refractivity contribution >= 4 is 34.1 Å². The van der Waals surface area contributed by atoms with Crippen molar-refractivity contribution in [1.29, 1.82) is 0 Å². The van der Waals surface area contributed by atoms with Crippen LogP contribution in [0.1, 0.15) is 25.1 Å². The van der Waals surface area contributed by atoms with Crippen LogP contribution in [0.2, 0.25) is 0 Å². The number of carbonyl (C=O) groups is 1. The van der Waals surface area contributed by atoms with Gasteiger partial charge in [-0.05, 0) is 39.7 Å². The third-order valence-corrected chi connectivity index (χ3v) is 6.60. The van der Waals surface area contributed by atoms with Gasteiger partial charge in [0.2, 0.25) is 11.1 Å². The first-order chi connectivity index (χ1) is 16.1. The third-order valence-electron chi connectivity index (χ3n) is 5.74. The number of nitrogens with zero attached hydrogens (tertiary/aromatic N) is 3. The molecule has 0 spiro atoms. The van der Waals surface area contributed by atoms with Gasteiger partial charge in [-0.2, -0.15) is 0 Å². The number of anilines is 1. The Kier molecular flexibility index (Phi) is 5.56. The number of nitrogens with one attached hydrogen (secondary N) is 1. The molecule has 1 aliphatic heterocycles. The van der Waals surface area contributed by atoms with E-state index in [4.69, 9.17) is 5.10 Å². The summed E-state index contributed by atoms with van der Waals surface area (Å²) >= 11 is 1.39. The molecule has 1 N–H and O–H groups in total. The van der Waals surface area contributed by atoms with Crippen LogP contribution in [0, 0.1) is 0 Å². The topological polar surface area (TPSA) is 69.9 Å². The summed E-state index contributed by atoms with van der Waals surface area (Å²) in [7, 11) is 0. The molecule has 0 aliphatic carbocycles. The molecule has 164 valence electrons. The van der Waals surface area contributed by atoms with Gasteiger partial charge < -0.3 is 0 Å². The highest BCUT2D eigenvalue weighted by atomic mass is 32.2. The lowest BCUT2D eigenvalue weighted by molar-refractivity contribution is -0.763. The van der Waals surface area contributed by atoms with Crippen molar-refractivity contribution in [2.45, 2.75) is 24.7 Å². The molecular weight excluding hydrogens is 432 g/mol. The summed E-state index contributed by atoms with van der Waals surface area (Å²) in [6.45, 7) is 5.60. The second-order valence-corrected chi connectivity index (χ2v) is 8.78. The van der Waals surface area contributed by atoms with Gasteiger partial charge in [0.15, 0.2) is 0 Å². The van der Waals surface area contributed by atoms with E-state index in [-0.39, 0.29) is 11.5 Å². The molecule has 0 radical (unpaired) electrons. The van der Waals surface area contributed by atoms with Crippen LogP contribution in [-0.2, 0) is 4.79 Å². The van der Waals surface area contributed by atoms with Crippen molar-refractivity contribution in [3.63, 3.8) is 0 Å². The SMILES string of the molecule is C=CCSc1n[n+]2c(c(=O)[nH]1)-c1ccccc1N(C(=O)CC)[C@@H]2c1ccc2ccccc2c1. The largest absolute Gasteiger partial charge is 0.325 e. The number of rotatable bonds is 5. The Hall–Kier alpha value is -3.71. The van der Waals surface area contributed by atoms with E-state index in [0.29, 0.717) is 34.3 Å². The number of hydrogen-bond donors (Lipinski definition) is 1. The zero-order valence-corrected chi connectivity index (χ0v) is 19.0. The Morgan fingerprint density at radius 3 is 2.70 bits per heavy atom. The van der Waals surface area contributed by atoms with Crippen LogP contribution in [-0.4, -0.2) is 21.7 Å².